The molecule has 0 bridgehead atoms. The molecule has 0 saturated heterocycles. The molecule has 190 valence electrons. The molecule has 0 aromatic heterocycles. The van der Waals surface area contributed by atoms with Gasteiger partial charge in [0, 0.05) is 13.1 Å². The number of sulfonamides is 1. The third-order valence-corrected chi connectivity index (χ3v) is 7.98. The maximum Gasteiger partial charge on any atom is 0.419 e. The molecule has 11 heteroatoms. The fraction of sp³-hybridized carbons (Fsp3) is 0.240. The smallest absolute Gasteiger partial charge is 0.324 e. The summed E-state index contributed by atoms with van der Waals surface area (Å²) in [6, 6.07) is 14.4. The molecule has 0 unspecified atom stereocenters. The number of rotatable bonds is 6. The summed E-state index contributed by atoms with van der Waals surface area (Å²) in [4.78, 5) is 12.6. The highest BCUT2D eigenvalue weighted by atomic mass is 35.5. The number of hydrogen-bond donors (Lipinski definition) is 1. The van der Waals surface area contributed by atoms with Crippen LogP contribution in [0.1, 0.15) is 27.8 Å². The molecule has 1 heterocycles. The summed E-state index contributed by atoms with van der Waals surface area (Å²) in [6.07, 6.45) is -4.90. The van der Waals surface area contributed by atoms with Crippen molar-refractivity contribution in [3.05, 3.63) is 99.3 Å². The first kappa shape index (κ1) is 26.1. The normalized spacial score (nSPS) is 14.4. The van der Waals surface area contributed by atoms with Crippen LogP contribution < -0.4 is 5.32 Å². The summed E-state index contributed by atoms with van der Waals surface area (Å²) in [6.45, 7) is 0.296. The van der Waals surface area contributed by atoms with Gasteiger partial charge in [-0.25, -0.2) is 12.8 Å². The van der Waals surface area contributed by atoms with E-state index < -0.39 is 33.5 Å². The predicted molar refractivity (Wildman–Crippen MR) is 128 cm³/mol. The van der Waals surface area contributed by atoms with Crippen molar-refractivity contribution in [2.75, 3.05) is 11.9 Å². The SMILES string of the molecule is O=C(Cc1ccc(C(F)(F)F)c(F)c1)Nc1c(Cl)ccc2c1CCN(S(=O)(=O)Cc1ccccc1)C2. The Morgan fingerprint density at radius 1 is 1.03 bits per heavy atom. The Hall–Kier alpha value is -2.95. The van der Waals surface area contributed by atoms with Gasteiger partial charge in [-0.3, -0.25) is 4.79 Å². The molecule has 1 aliphatic heterocycles. The van der Waals surface area contributed by atoms with E-state index >= 15 is 0 Å². The van der Waals surface area contributed by atoms with Crippen LogP contribution in [0.5, 0.6) is 0 Å². The zero-order chi connectivity index (χ0) is 26.1. The first-order chi connectivity index (χ1) is 16.9. The van der Waals surface area contributed by atoms with Crippen molar-refractivity contribution in [1.82, 2.24) is 4.31 Å². The summed E-state index contributed by atoms with van der Waals surface area (Å²) in [5.41, 5.74) is 1.01. The van der Waals surface area contributed by atoms with Crippen LogP contribution in [0.15, 0.2) is 60.7 Å². The molecule has 1 amide bonds. The van der Waals surface area contributed by atoms with Crippen molar-refractivity contribution in [2.45, 2.75) is 31.3 Å². The van der Waals surface area contributed by atoms with Crippen molar-refractivity contribution in [3.63, 3.8) is 0 Å². The van der Waals surface area contributed by atoms with Gasteiger partial charge in [0.25, 0.3) is 0 Å². The van der Waals surface area contributed by atoms with E-state index in [1.807, 2.05) is 0 Å². The molecule has 3 aromatic carbocycles. The van der Waals surface area contributed by atoms with E-state index in [0.29, 0.717) is 40.9 Å². The standard InChI is InChI=1S/C25H21ClF4N2O3S/c26-21-9-7-18-14-32(36(34,35)15-16-4-2-1-3-5-16)11-10-19(18)24(21)31-23(33)13-17-6-8-20(22(27)12-17)25(28,29)30/h1-9,12H,10-11,13-15H2,(H,31,33). The van der Waals surface area contributed by atoms with E-state index in [2.05, 4.69) is 5.32 Å². The monoisotopic (exact) mass is 540 g/mol. The Morgan fingerprint density at radius 2 is 1.75 bits per heavy atom. The fourth-order valence-electron chi connectivity index (χ4n) is 4.12. The lowest BCUT2D eigenvalue weighted by Crippen LogP contribution is -2.37. The minimum atomic E-state index is -4.83. The third kappa shape index (κ3) is 5.88. The molecule has 36 heavy (non-hydrogen) atoms. The minimum Gasteiger partial charge on any atom is -0.324 e. The van der Waals surface area contributed by atoms with Crippen LogP contribution >= 0.6 is 11.6 Å². The quantitative estimate of drug-likeness (QED) is 0.416. The van der Waals surface area contributed by atoms with E-state index in [-0.39, 0.29) is 35.8 Å². The van der Waals surface area contributed by atoms with Gasteiger partial charge < -0.3 is 5.32 Å². The Bertz CT molecular complexity index is 1400. The number of nitrogens with one attached hydrogen (secondary N) is 1. The van der Waals surface area contributed by atoms with Crippen molar-refractivity contribution >= 4 is 33.2 Å². The van der Waals surface area contributed by atoms with Crippen LogP contribution in [-0.4, -0.2) is 25.2 Å². The lowest BCUT2D eigenvalue weighted by atomic mass is 9.98. The zero-order valence-electron chi connectivity index (χ0n) is 18.8. The second kappa shape index (κ2) is 10.2. The van der Waals surface area contributed by atoms with Crippen molar-refractivity contribution in [2.24, 2.45) is 0 Å². The first-order valence-corrected chi connectivity index (χ1v) is 12.9. The molecule has 3 aromatic rings. The number of anilines is 1. The van der Waals surface area contributed by atoms with E-state index in [1.54, 1.807) is 42.5 Å². The van der Waals surface area contributed by atoms with Crippen LogP contribution in [0.2, 0.25) is 5.02 Å². The zero-order valence-corrected chi connectivity index (χ0v) is 20.4. The fourth-order valence-corrected chi connectivity index (χ4v) is 5.84. The number of nitrogens with zero attached hydrogens (tertiary/aromatic N) is 1. The maximum absolute atomic E-state index is 13.9. The molecule has 0 saturated carbocycles. The van der Waals surface area contributed by atoms with Crippen molar-refractivity contribution in [3.8, 4) is 0 Å². The summed E-state index contributed by atoms with van der Waals surface area (Å²) >= 11 is 6.31. The molecule has 1 N–H and O–H groups in total. The van der Waals surface area contributed by atoms with Gasteiger partial charge in [0.2, 0.25) is 15.9 Å². The highest BCUT2D eigenvalue weighted by molar-refractivity contribution is 7.88. The molecule has 4 rings (SSSR count). The summed E-state index contributed by atoms with van der Waals surface area (Å²) < 4.78 is 79.4. The van der Waals surface area contributed by atoms with Crippen LogP contribution in [-0.2, 0) is 46.1 Å². The van der Waals surface area contributed by atoms with Crippen LogP contribution in [0.3, 0.4) is 0 Å². The van der Waals surface area contributed by atoms with Gasteiger partial charge in [-0.2, -0.15) is 17.5 Å². The van der Waals surface area contributed by atoms with E-state index in [1.165, 1.54) is 4.31 Å². The number of fused-ring (bicyclic) bond motifs is 1. The largest absolute Gasteiger partial charge is 0.419 e. The molecular formula is C25H21ClF4N2O3S. The lowest BCUT2D eigenvalue weighted by molar-refractivity contribution is -0.140. The number of carbonyl (C=O) groups excluding carboxylic acids is 1. The minimum absolute atomic E-state index is 0.0668. The van der Waals surface area contributed by atoms with E-state index in [0.717, 1.165) is 6.07 Å². The van der Waals surface area contributed by atoms with E-state index in [4.69, 9.17) is 11.6 Å². The molecule has 1 aliphatic rings. The van der Waals surface area contributed by atoms with Gasteiger partial charge in [0.1, 0.15) is 5.82 Å². The molecule has 0 aliphatic carbocycles. The van der Waals surface area contributed by atoms with Gasteiger partial charge in [-0.15, -0.1) is 0 Å². The lowest BCUT2D eigenvalue weighted by Gasteiger charge is -2.30. The second-order valence-electron chi connectivity index (χ2n) is 8.42. The molecule has 0 spiro atoms. The highest BCUT2D eigenvalue weighted by Gasteiger charge is 2.34. The van der Waals surface area contributed by atoms with Gasteiger partial charge in [-0.05, 0) is 46.9 Å². The van der Waals surface area contributed by atoms with Gasteiger partial charge in [0.15, 0.2) is 0 Å². The molecule has 0 radical (unpaired) electrons. The Labute approximate surface area is 210 Å². The Kier molecular flexibility index (Phi) is 7.40. The molecule has 0 fully saturated rings. The van der Waals surface area contributed by atoms with Gasteiger partial charge >= 0.3 is 6.18 Å². The van der Waals surface area contributed by atoms with Crippen LogP contribution in [0.4, 0.5) is 23.2 Å². The number of hydrogen-bond acceptors (Lipinski definition) is 3. The predicted octanol–water partition coefficient (Wildman–Crippen LogP) is 5.57. The number of amides is 1. The van der Waals surface area contributed by atoms with E-state index in [9.17, 15) is 30.8 Å². The van der Waals surface area contributed by atoms with Crippen molar-refractivity contribution in [1.29, 1.82) is 0 Å². The molecular weight excluding hydrogens is 520 g/mol. The second-order valence-corrected chi connectivity index (χ2v) is 10.8. The van der Waals surface area contributed by atoms with Crippen LogP contribution in [0, 0.1) is 5.82 Å². The Balaban J connectivity index is 1.49. The summed E-state index contributed by atoms with van der Waals surface area (Å²) in [5, 5.41) is 2.90. The maximum atomic E-state index is 13.9. The summed E-state index contributed by atoms with van der Waals surface area (Å²) in [5.74, 6) is -2.19. The summed E-state index contributed by atoms with van der Waals surface area (Å²) in [7, 11) is -3.59. The number of benzene rings is 3. The number of halogens is 5. The van der Waals surface area contributed by atoms with Crippen LogP contribution in [0.25, 0.3) is 0 Å². The molecule has 0 atom stereocenters. The average molecular weight is 541 g/mol. The van der Waals surface area contributed by atoms with Crippen molar-refractivity contribution < 1.29 is 30.8 Å². The third-order valence-electron chi connectivity index (χ3n) is 5.87. The topological polar surface area (TPSA) is 66.5 Å². The molecule has 5 nitrogen and oxygen atoms in total. The first-order valence-electron chi connectivity index (χ1n) is 10.9. The van der Waals surface area contributed by atoms with Gasteiger partial charge in [-0.1, -0.05) is 54.1 Å². The van der Waals surface area contributed by atoms with Gasteiger partial charge in [0.05, 0.1) is 28.4 Å². The highest BCUT2D eigenvalue weighted by Crippen LogP contribution is 2.35. The number of carbonyl (C=O) groups is 1. The Morgan fingerprint density at radius 3 is 2.42 bits per heavy atom. The number of alkyl halides is 3. The average Bonchev–Trinajstić information content (AvgIpc) is 2.80.